The topological polar surface area (TPSA) is 307 Å². The van der Waals surface area contributed by atoms with E-state index in [1.54, 1.807) is 0 Å². The van der Waals surface area contributed by atoms with Crippen LogP contribution >= 0.6 is 0 Å². The molecule has 0 amide bonds. The summed E-state index contributed by atoms with van der Waals surface area (Å²) in [5.74, 6) is 0. The number of aliphatic hydroxyl groups excluding tert-OH is 12. The third kappa shape index (κ3) is 6.68. The van der Waals surface area contributed by atoms with Gasteiger partial charge in [-0.25, -0.2) is 0 Å². The van der Waals surface area contributed by atoms with E-state index in [4.69, 9.17) is 33.2 Å². The highest BCUT2D eigenvalue weighted by atomic mass is 16.8. The van der Waals surface area contributed by atoms with E-state index in [0.717, 1.165) is 0 Å². The lowest BCUT2D eigenvalue weighted by molar-refractivity contribution is -0.381. The molecule has 41 heavy (non-hydrogen) atoms. The van der Waals surface area contributed by atoms with Crippen LogP contribution in [0.15, 0.2) is 0 Å². The fourth-order valence-electron chi connectivity index (χ4n) is 5.06. The molecule has 4 aliphatic heterocycles. The van der Waals surface area contributed by atoms with E-state index in [1.807, 2.05) is 0 Å². The van der Waals surface area contributed by atoms with Gasteiger partial charge in [-0.15, -0.1) is 0 Å². The molecule has 4 rings (SSSR count). The highest BCUT2D eigenvalue weighted by Crippen LogP contribution is 2.33. The maximum atomic E-state index is 10.9. The minimum atomic E-state index is -1.95. The normalized spacial score (nSPS) is 53.0. The SMILES string of the molecule is OC[C@@H]1OC(O[C@H]2[C@@H](O)COC(O[C@@H]3[C@H](OC4O[C@H](CO)[C@H](O)[C@H](O)[C@H]4O)[C@@H](O)C(O)O[C@@H]3CO)[C@@H]2O)[C@H](O)[C@H]1O. The van der Waals surface area contributed by atoms with Crippen LogP contribution in [0.3, 0.4) is 0 Å². The van der Waals surface area contributed by atoms with Crippen molar-refractivity contribution in [3.05, 3.63) is 0 Å². The lowest BCUT2D eigenvalue weighted by Gasteiger charge is -2.48. The summed E-state index contributed by atoms with van der Waals surface area (Å²) in [7, 11) is 0. The molecule has 0 aromatic heterocycles. The molecule has 19 nitrogen and oxygen atoms in total. The van der Waals surface area contributed by atoms with Crippen molar-refractivity contribution < 1.29 is 94.4 Å². The summed E-state index contributed by atoms with van der Waals surface area (Å²) in [5, 5.41) is 121. The van der Waals surface area contributed by atoms with E-state index in [-0.39, 0.29) is 0 Å². The summed E-state index contributed by atoms with van der Waals surface area (Å²) in [4.78, 5) is 0. The molecule has 19 heteroatoms. The molecule has 0 saturated carbocycles. The predicted octanol–water partition coefficient (Wildman–Crippen LogP) is -8.47. The van der Waals surface area contributed by atoms with Gasteiger partial charge in [-0.3, -0.25) is 0 Å². The molecule has 4 fully saturated rings. The van der Waals surface area contributed by atoms with Crippen molar-refractivity contribution in [3.8, 4) is 0 Å². The lowest BCUT2D eigenvalue weighted by atomic mass is 9.96. The van der Waals surface area contributed by atoms with E-state index in [2.05, 4.69) is 0 Å². The van der Waals surface area contributed by atoms with Crippen LogP contribution in [-0.2, 0) is 33.2 Å². The Kier molecular flexibility index (Phi) is 11.2. The Morgan fingerprint density at radius 3 is 1.51 bits per heavy atom. The van der Waals surface area contributed by atoms with E-state index >= 15 is 0 Å². The quantitative estimate of drug-likeness (QED) is 0.116. The average Bonchev–Trinajstić information content (AvgIpc) is 3.23. The molecule has 240 valence electrons. The summed E-state index contributed by atoms with van der Waals surface area (Å²) >= 11 is 0. The molecular weight excluding hydrogens is 568 g/mol. The molecule has 12 N–H and O–H groups in total. The molecule has 0 spiro atoms. The Hall–Kier alpha value is -0.760. The molecule has 4 saturated heterocycles. The highest BCUT2D eigenvalue weighted by Gasteiger charge is 2.54. The van der Waals surface area contributed by atoms with Crippen LogP contribution in [0.2, 0.25) is 0 Å². The first-order valence-corrected chi connectivity index (χ1v) is 12.9. The zero-order chi connectivity index (χ0) is 30.2. The van der Waals surface area contributed by atoms with Gasteiger partial charge in [-0.05, 0) is 0 Å². The van der Waals surface area contributed by atoms with Gasteiger partial charge in [0, 0.05) is 0 Å². The zero-order valence-corrected chi connectivity index (χ0v) is 21.4. The number of ether oxygens (including phenoxy) is 7. The van der Waals surface area contributed by atoms with Gasteiger partial charge in [-0.1, -0.05) is 0 Å². The second-order valence-electron chi connectivity index (χ2n) is 10.2. The number of aliphatic hydroxyl groups is 12. The Morgan fingerprint density at radius 2 is 0.951 bits per heavy atom. The van der Waals surface area contributed by atoms with Crippen LogP contribution < -0.4 is 0 Å². The van der Waals surface area contributed by atoms with Gasteiger partial charge in [0.2, 0.25) is 0 Å². The number of hydrogen-bond donors (Lipinski definition) is 12. The van der Waals surface area contributed by atoms with Gasteiger partial charge < -0.3 is 94.4 Å². The molecule has 0 aromatic rings. The standard InChI is InChI=1S/C22H38O19/c23-1-6-9(27)11(29)13(31)22(37-6)41-18-14(32)19(34)36-8(3-25)17(18)40-20-15(33)16(5(26)4-35-20)39-21-12(30)10(28)7(2-24)38-21/h5-34H,1-4H2/t5-,6+,7-,8+,9-,10-,11-,12+,13+,14+,15+,16-,17-,18+,19?,20?,21?,22?/m0/s1. The molecule has 0 radical (unpaired) electrons. The van der Waals surface area contributed by atoms with Crippen molar-refractivity contribution in [1.82, 2.24) is 0 Å². The van der Waals surface area contributed by atoms with Crippen LogP contribution in [0.4, 0.5) is 0 Å². The molecule has 0 aliphatic carbocycles. The van der Waals surface area contributed by atoms with Crippen molar-refractivity contribution in [2.45, 2.75) is 111 Å². The minimum absolute atomic E-state index is 0.512. The second kappa shape index (κ2) is 13.9. The Balaban J connectivity index is 1.51. The van der Waals surface area contributed by atoms with Crippen molar-refractivity contribution in [1.29, 1.82) is 0 Å². The van der Waals surface area contributed by atoms with Crippen molar-refractivity contribution >= 4 is 0 Å². The first kappa shape index (κ1) is 33.1. The summed E-state index contributed by atoms with van der Waals surface area (Å²) in [5.41, 5.74) is 0. The molecular formula is C22H38O19. The van der Waals surface area contributed by atoms with Gasteiger partial charge in [0.25, 0.3) is 0 Å². The Morgan fingerprint density at radius 1 is 0.463 bits per heavy atom. The zero-order valence-electron chi connectivity index (χ0n) is 21.4. The second-order valence-corrected chi connectivity index (χ2v) is 10.2. The van der Waals surface area contributed by atoms with Crippen LogP contribution in [0, 0.1) is 0 Å². The van der Waals surface area contributed by atoms with E-state index in [0.29, 0.717) is 0 Å². The fourth-order valence-corrected chi connectivity index (χ4v) is 5.06. The lowest BCUT2D eigenvalue weighted by Crippen LogP contribution is -2.66. The maximum absolute atomic E-state index is 10.9. The van der Waals surface area contributed by atoms with Gasteiger partial charge in [-0.2, -0.15) is 0 Å². The third-order valence-corrected chi connectivity index (χ3v) is 7.46. The fraction of sp³-hybridized carbons (Fsp3) is 1.00. The molecule has 0 bridgehead atoms. The van der Waals surface area contributed by atoms with Crippen molar-refractivity contribution in [3.63, 3.8) is 0 Å². The molecule has 4 heterocycles. The monoisotopic (exact) mass is 606 g/mol. The van der Waals surface area contributed by atoms with Crippen LogP contribution in [-0.4, -0.2) is 198 Å². The summed E-state index contributed by atoms with van der Waals surface area (Å²) in [6.07, 6.45) is -29.9. The van der Waals surface area contributed by atoms with Crippen molar-refractivity contribution in [2.75, 3.05) is 26.4 Å². The molecule has 4 unspecified atom stereocenters. The largest absolute Gasteiger partial charge is 0.394 e. The first-order chi connectivity index (χ1) is 19.4. The van der Waals surface area contributed by atoms with E-state index < -0.39 is 137 Å². The Bertz CT molecular complexity index is 822. The smallest absolute Gasteiger partial charge is 0.187 e. The number of hydrogen-bond acceptors (Lipinski definition) is 19. The first-order valence-electron chi connectivity index (χ1n) is 12.9. The van der Waals surface area contributed by atoms with Crippen LogP contribution in [0.25, 0.3) is 0 Å². The molecule has 4 aliphatic rings. The summed E-state index contributed by atoms with van der Waals surface area (Å²) in [6, 6.07) is 0. The summed E-state index contributed by atoms with van der Waals surface area (Å²) in [6.45, 7) is -2.79. The maximum Gasteiger partial charge on any atom is 0.187 e. The predicted molar refractivity (Wildman–Crippen MR) is 122 cm³/mol. The van der Waals surface area contributed by atoms with Gasteiger partial charge in [0.15, 0.2) is 25.2 Å². The van der Waals surface area contributed by atoms with Crippen LogP contribution in [0.1, 0.15) is 0 Å². The number of rotatable bonds is 9. The Labute approximate surface area is 232 Å². The minimum Gasteiger partial charge on any atom is -0.394 e. The molecule has 18 atom stereocenters. The van der Waals surface area contributed by atoms with E-state index in [9.17, 15) is 61.3 Å². The molecule has 0 aromatic carbocycles. The third-order valence-electron chi connectivity index (χ3n) is 7.46. The van der Waals surface area contributed by atoms with E-state index in [1.165, 1.54) is 0 Å². The average molecular weight is 607 g/mol. The van der Waals surface area contributed by atoms with Crippen molar-refractivity contribution in [2.24, 2.45) is 0 Å². The highest BCUT2D eigenvalue weighted by molar-refractivity contribution is 4.96. The van der Waals surface area contributed by atoms with Crippen LogP contribution in [0.5, 0.6) is 0 Å². The van der Waals surface area contributed by atoms with Gasteiger partial charge >= 0.3 is 0 Å². The van der Waals surface area contributed by atoms with Gasteiger partial charge in [0.1, 0.15) is 85.5 Å². The van der Waals surface area contributed by atoms with Gasteiger partial charge in [0.05, 0.1) is 26.4 Å². The summed E-state index contributed by atoms with van der Waals surface area (Å²) < 4.78 is 37.9.